The van der Waals surface area contributed by atoms with Gasteiger partial charge in [0.05, 0.1) is 7.11 Å². The Labute approximate surface area is 103 Å². The van der Waals surface area contributed by atoms with Crippen molar-refractivity contribution in [2.24, 2.45) is 5.92 Å². The molecule has 5 nitrogen and oxygen atoms in total. The van der Waals surface area contributed by atoms with Crippen molar-refractivity contribution in [2.45, 2.75) is 19.3 Å². The molecule has 0 N–H and O–H groups in total. The zero-order chi connectivity index (χ0) is 12.8. The van der Waals surface area contributed by atoms with E-state index in [0.29, 0.717) is 12.5 Å². The third kappa shape index (κ3) is 4.34. The number of hydrogen-bond acceptors (Lipinski definition) is 4. The standard InChI is InChI=1S/C12H22N2O3/c1-13-7-4-10(5-8-13)6-9-14(2)11(15)12(16)17-3/h10H,4-9H2,1-3H3. The Bertz CT molecular complexity index is 273. The first-order chi connectivity index (χ1) is 8.04. The molecule has 0 unspecified atom stereocenters. The summed E-state index contributed by atoms with van der Waals surface area (Å²) in [5, 5.41) is 0. The van der Waals surface area contributed by atoms with E-state index in [4.69, 9.17) is 0 Å². The quantitative estimate of drug-likeness (QED) is 0.529. The predicted molar refractivity (Wildman–Crippen MR) is 64.5 cm³/mol. The molecular weight excluding hydrogens is 220 g/mol. The number of likely N-dealkylation sites (N-methyl/N-ethyl adjacent to an activating group) is 1. The molecule has 1 saturated heterocycles. The Morgan fingerprint density at radius 2 is 1.94 bits per heavy atom. The molecule has 0 aromatic carbocycles. The van der Waals surface area contributed by atoms with Gasteiger partial charge in [0.25, 0.3) is 0 Å². The lowest BCUT2D eigenvalue weighted by Crippen LogP contribution is -2.37. The number of amides is 1. The van der Waals surface area contributed by atoms with Crippen LogP contribution in [0.4, 0.5) is 0 Å². The van der Waals surface area contributed by atoms with Crippen LogP contribution in [0.15, 0.2) is 0 Å². The van der Waals surface area contributed by atoms with Crippen molar-refractivity contribution in [1.82, 2.24) is 9.80 Å². The van der Waals surface area contributed by atoms with Gasteiger partial charge in [0.1, 0.15) is 0 Å². The average Bonchev–Trinajstić information content (AvgIpc) is 2.35. The molecule has 98 valence electrons. The highest BCUT2D eigenvalue weighted by Crippen LogP contribution is 2.19. The van der Waals surface area contributed by atoms with Crippen molar-refractivity contribution in [3.63, 3.8) is 0 Å². The maximum atomic E-state index is 11.4. The molecule has 1 heterocycles. The van der Waals surface area contributed by atoms with Gasteiger partial charge in [-0.15, -0.1) is 0 Å². The van der Waals surface area contributed by atoms with Crippen molar-refractivity contribution >= 4 is 11.9 Å². The van der Waals surface area contributed by atoms with Gasteiger partial charge >= 0.3 is 11.9 Å². The number of carbonyl (C=O) groups is 2. The van der Waals surface area contributed by atoms with E-state index in [9.17, 15) is 9.59 Å². The van der Waals surface area contributed by atoms with E-state index < -0.39 is 11.9 Å². The molecule has 1 fully saturated rings. The molecule has 0 aromatic rings. The number of methoxy groups -OCH3 is 1. The van der Waals surface area contributed by atoms with E-state index in [-0.39, 0.29) is 0 Å². The average molecular weight is 242 g/mol. The highest BCUT2D eigenvalue weighted by Gasteiger charge is 2.21. The number of esters is 1. The number of likely N-dealkylation sites (tertiary alicyclic amines) is 1. The zero-order valence-electron chi connectivity index (χ0n) is 10.9. The summed E-state index contributed by atoms with van der Waals surface area (Å²) < 4.78 is 4.40. The Morgan fingerprint density at radius 3 is 2.47 bits per heavy atom. The maximum absolute atomic E-state index is 11.4. The fourth-order valence-electron chi connectivity index (χ4n) is 2.07. The van der Waals surface area contributed by atoms with Crippen molar-refractivity contribution in [1.29, 1.82) is 0 Å². The SMILES string of the molecule is COC(=O)C(=O)N(C)CCC1CCN(C)CC1. The minimum atomic E-state index is -0.782. The van der Waals surface area contributed by atoms with Crippen molar-refractivity contribution in [3.8, 4) is 0 Å². The number of carbonyl (C=O) groups excluding carboxylic acids is 2. The predicted octanol–water partition coefficient (Wildman–Crippen LogP) is 0.350. The number of nitrogens with zero attached hydrogens (tertiary/aromatic N) is 2. The molecule has 0 radical (unpaired) electrons. The van der Waals surface area contributed by atoms with E-state index in [1.54, 1.807) is 7.05 Å². The van der Waals surface area contributed by atoms with Gasteiger partial charge < -0.3 is 14.5 Å². The molecule has 1 rings (SSSR count). The van der Waals surface area contributed by atoms with Crippen LogP contribution in [0.5, 0.6) is 0 Å². The van der Waals surface area contributed by atoms with Crippen LogP contribution in [0.3, 0.4) is 0 Å². The highest BCUT2D eigenvalue weighted by atomic mass is 16.5. The molecule has 1 amide bonds. The largest absolute Gasteiger partial charge is 0.462 e. The van der Waals surface area contributed by atoms with Crippen LogP contribution in [0.2, 0.25) is 0 Å². The monoisotopic (exact) mass is 242 g/mol. The van der Waals surface area contributed by atoms with Crippen LogP contribution in [0.25, 0.3) is 0 Å². The minimum absolute atomic E-state index is 0.555. The van der Waals surface area contributed by atoms with Crippen LogP contribution in [-0.2, 0) is 14.3 Å². The summed E-state index contributed by atoms with van der Waals surface area (Å²) in [6.07, 6.45) is 3.32. The molecule has 0 saturated carbocycles. The first kappa shape index (κ1) is 14.0. The third-order valence-corrected chi connectivity index (χ3v) is 3.42. The number of hydrogen-bond donors (Lipinski definition) is 0. The van der Waals surface area contributed by atoms with Crippen LogP contribution < -0.4 is 0 Å². The van der Waals surface area contributed by atoms with Gasteiger partial charge in [-0.1, -0.05) is 0 Å². The lowest BCUT2D eigenvalue weighted by atomic mass is 9.94. The van der Waals surface area contributed by atoms with Gasteiger partial charge in [-0.25, -0.2) is 4.79 Å². The number of ether oxygens (including phenoxy) is 1. The molecule has 0 aromatic heterocycles. The summed E-state index contributed by atoms with van der Waals surface area (Å²) in [6.45, 7) is 2.88. The smallest absolute Gasteiger partial charge is 0.396 e. The first-order valence-corrected chi connectivity index (χ1v) is 6.06. The van der Waals surface area contributed by atoms with Crippen molar-refractivity contribution in [2.75, 3.05) is 40.8 Å². The van der Waals surface area contributed by atoms with Gasteiger partial charge in [0.2, 0.25) is 0 Å². The van der Waals surface area contributed by atoms with Gasteiger partial charge in [-0.2, -0.15) is 0 Å². The van der Waals surface area contributed by atoms with Crippen LogP contribution in [0, 0.1) is 5.92 Å². The summed E-state index contributed by atoms with van der Waals surface area (Å²) in [6, 6.07) is 0. The van der Waals surface area contributed by atoms with E-state index in [1.165, 1.54) is 24.9 Å². The topological polar surface area (TPSA) is 49.9 Å². The van der Waals surface area contributed by atoms with Gasteiger partial charge in [-0.05, 0) is 45.3 Å². The molecule has 1 aliphatic rings. The molecule has 17 heavy (non-hydrogen) atoms. The van der Waals surface area contributed by atoms with Crippen LogP contribution in [-0.4, -0.2) is 62.5 Å². The summed E-state index contributed by atoms with van der Waals surface area (Å²) in [5.41, 5.74) is 0. The van der Waals surface area contributed by atoms with Crippen LogP contribution >= 0.6 is 0 Å². The molecule has 5 heteroatoms. The van der Waals surface area contributed by atoms with Crippen molar-refractivity contribution < 1.29 is 14.3 Å². The maximum Gasteiger partial charge on any atom is 0.396 e. The second-order valence-corrected chi connectivity index (χ2v) is 4.75. The Hall–Kier alpha value is -1.10. The Kier molecular flexibility index (Phi) is 5.41. The fourth-order valence-corrected chi connectivity index (χ4v) is 2.07. The third-order valence-electron chi connectivity index (χ3n) is 3.42. The summed E-state index contributed by atoms with van der Waals surface area (Å²) >= 11 is 0. The zero-order valence-corrected chi connectivity index (χ0v) is 10.9. The Morgan fingerprint density at radius 1 is 1.35 bits per heavy atom. The fraction of sp³-hybridized carbons (Fsp3) is 0.833. The molecule has 1 aliphatic heterocycles. The first-order valence-electron chi connectivity index (χ1n) is 6.06. The Balaban J connectivity index is 2.26. The van der Waals surface area contributed by atoms with Gasteiger partial charge in [-0.3, -0.25) is 4.79 Å². The van der Waals surface area contributed by atoms with Gasteiger partial charge in [0, 0.05) is 13.6 Å². The number of piperidine rings is 1. The van der Waals surface area contributed by atoms with Crippen molar-refractivity contribution in [3.05, 3.63) is 0 Å². The van der Waals surface area contributed by atoms with Crippen LogP contribution in [0.1, 0.15) is 19.3 Å². The lowest BCUT2D eigenvalue weighted by Gasteiger charge is -2.29. The highest BCUT2D eigenvalue weighted by molar-refractivity contribution is 6.32. The molecule has 0 spiro atoms. The summed E-state index contributed by atoms with van der Waals surface area (Å²) in [4.78, 5) is 26.2. The minimum Gasteiger partial charge on any atom is -0.462 e. The second-order valence-electron chi connectivity index (χ2n) is 4.75. The lowest BCUT2D eigenvalue weighted by molar-refractivity contribution is -0.157. The van der Waals surface area contributed by atoms with E-state index in [0.717, 1.165) is 19.5 Å². The summed E-state index contributed by atoms with van der Waals surface area (Å²) in [5.74, 6) is -0.671. The van der Waals surface area contributed by atoms with E-state index in [2.05, 4.69) is 16.7 Å². The summed E-state index contributed by atoms with van der Waals surface area (Å²) in [7, 11) is 5.00. The molecule has 0 bridgehead atoms. The normalized spacial score (nSPS) is 17.8. The number of rotatable bonds is 3. The molecule has 0 aliphatic carbocycles. The molecule has 0 atom stereocenters. The second kappa shape index (κ2) is 6.59. The van der Waals surface area contributed by atoms with E-state index in [1.807, 2.05) is 0 Å². The van der Waals surface area contributed by atoms with Gasteiger partial charge in [0.15, 0.2) is 0 Å². The molecular formula is C12H22N2O3. The van der Waals surface area contributed by atoms with E-state index >= 15 is 0 Å².